The Morgan fingerprint density at radius 1 is 1.15 bits per heavy atom. The van der Waals surface area contributed by atoms with E-state index in [0.29, 0.717) is 50.0 Å². The van der Waals surface area contributed by atoms with Crippen LogP contribution in [0.3, 0.4) is 0 Å². The van der Waals surface area contributed by atoms with E-state index in [1.807, 2.05) is 56.4 Å². The van der Waals surface area contributed by atoms with Crippen LogP contribution in [0.25, 0.3) is 5.69 Å². The van der Waals surface area contributed by atoms with E-state index >= 15 is 0 Å². The first kappa shape index (κ1) is 23.6. The van der Waals surface area contributed by atoms with Gasteiger partial charge in [0.25, 0.3) is 5.91 Å². The third-order valence-corrected chi connectivity index (χ3v) is 6.27. The molecule has 8 nitrogen and oxygen atoms in total. The maximum atomic E-state index is 13.6. The third-order valence-electron chi connectivity index (χ3n) is 6.27. The molecule has 0 radical (unpaired) electrons. The Bertz CT molecular complexity index is 1160. The molecule has 2 N–H and O–H groups in total. The predicted molar refractivity (Wildman–Crippen MR) is 128 cm³/mol. The second kappa shape index (κ2) is 10.6. The molecular weight excluding hydrogens is 430 g/mol. The summed E-state index contributed by atoms with van der Waals surface area (Å²) >= 11 is 0. The number of hydrogen-bond acceptors (Lipinski definition) is 5. The highest BCUT2D eigenvalue weighted by molar-refractivity contribution is 5.98. The van der Waals surface area contributed by atoms with Crippen molar-refractivity contribution in [3.63, 3.8) is 0 Å². The number of carbonyl (C=O) groups excluding carboxylic acids is 2. The lowest BCUT2D eigenvalue weighted by atomic mass is 9.92. The summed E-state index contributed by atoms with van der Waals surface area (Å²) in [4.78, 5) is 28.1. The van der Waals surface area contributed by atoms with Crippen molar-refractivity contribution in [1.82, 2.24) is 25.2 Å². The minimum absolute atomic E-state index is 0.142. The number of likely N-dealkylation sites (N-methyl/N-ethyl adjacent to an activating group) is 1. The van der Waals surface area contributed by atoms with E-state index in [1.165, 1.54) is 0 Å². The van der Waals surface area contributed by atoms with Gasteiger partial charge in [0.05, 0.1) is 23.7 Å². The van der Waals surface area contributed by atoms with Crippen molar-refractivity contribution >= 4 is 11.8 Å². The van der Waals surface area contributed by atoms with Gasteiger partial charge < -0.3 is 15.3 Å². The lowest BCUT2D eigenvalue weighted by Crippen LogP contribution is -2.52. The maximum absolute atomic E-state index is 13.6. The van der Waals surface area contributed by atoms with E-state index in [-0.39, 0.29) is 17.9 Å². The summed E-state index contributed by atoms with van der Waals surface area (Å²) in [5.41, 5.74) is 4.15. The monoisotopic (exact) mass is 461 g/mol. The topological polar surface area (TPSA) is 100 Å². The number of benzene rings is 2. The number of nitrogens with zero attached hydrogens (tertiary/aromatic N) is 4. The molecule has 34 heavy (non-hydrogen) atoms. The SMILES string of the molecule is CCNC(=O)[C@H]1Cc2ccccc2CN1C(=O)c1cccc(-n2cc(CCC(O)CC)nn2)c1. The lowest BCUT2D eigenvalue weighted by molar-refractivity contribution is -0.126. The normalized spacial score (nSPS) is 16.1. The summed E-state index contributed by atoms with van der Waals surface area (Å²) in [6.45, 7) is 4.72. The molecule has 3 aromatic rings. The second-order valence-electron chi connectivity index (χ2n) is 8.62. The van der Waals surface area contributed by atoms with Gasteiger partial charge in [-0.25, -0.2) is 4.68 Å². The number of aromatic nitrogens is 3. The van der Waals surface area contributed by atoms with Gasteiger partial charge in [-0.15, -0.1) is 5.10 Å². The molecule has 2 heterocycles. The molecule has 0 fully saturated rings. The number of nitrogens with one attached hydrogen (secondary N) is 1. The molecule has 178 valence electrons. The summed E-state index contributed by atoms with van der Waals surface area (Å²) in [6.07, 6.45) is 3.93. The zero-order valence-corrected chi connectivity index (χ0v) is 19.6. The molecule has 2 atom stereocenters. The van der Waals surface area contributed by atoms with Gasteiger partial charge in [-0.05, 0) is 55.5 Å². The average Bonchev–Trinajstić information content (AvgIpc) is 3.35. The Labute approximate surface area is 199 Å². The number of aryl methyl sites for hydroxylation is 1. The molecule has 1 unspecified atom stereocenters. The molecule has 2 amide bonds. The molecular formula is C26H31N5O3. The molecule has 0 aliphatic carbocycles. The van der Waals surface area contributed by atoms with E-state index < -0.39 is 6.04 Å². The molecule has 4 rings (SSSR count). The second-order valence-corrected chi connectivity index (χ2v) is 8.62. The van der Waals surface area contributed by atoms with Gasteiger partial charge in [-0.1, -0.05) is 42.5 Å². The quantitative estimate of drug-likeness (QED) is 0.537. The zero-order valence-electron chi connectivity index (χ0n) is 19.6. The van der Waals surface area contributed by atoms with Crippen LogP contribution in [-0.4, -0.2) is 55.5 Å². The van der Waals surface area contributed by atoms with Crippen LogP contribution < -0.4 is 5.32 Å². The van der Waals surface area contributed by atoms with Gasteiger partial charge >= 0.3 is 0 Å². The molecule has 8 heteroatoms. The van der Waals surface area contributed by atoms with Crippen LogP contribution in [0, 0.1) is 0 Å². The van der Waals surface area contributed by atoms with Crippen molar-refractivity contribution in [1.29, 1.82) is 0 Å². The van der Waals surface area contributed by atoms with E-state index in [0.717, 1.165) is 16.8 Å². The van der Waals surface area contributed by atoms with Crippen molar-refractivity contribution in [3.05, 3.63) is 77.1 Å². The van der Waals surface area contributed by atoms with Crippen LogP contribution in [-0.2, 0) is 24.2 Å². The zero-order chi connectivity index (χ0) is 24.1. The smallest absolute Gasteiger partial charge is 0.254 e. The molecule has 0 saturated heterocycles. The van der Waals surface area contributed by atoms with Gasteiger partial charge in [0.2, 0.25) is 5.91 Å². The standard InChI is InChI=1S/C26H31N5O3/c1-3-23(32)13-12-21-17-31(29-28-21)22-11-7-10-19(14-22)26(34)30-16-20-9-6-5-8-18(20)15-24(30)25(33)27-4-2/h5-11,14,17,23-24,32H,3-4,12-13,15-16H2,1-2H3,(H,27,33)/t23?,24-/m1/s1. The molecule has 0 bridgehead atoms. The Morgan fingerprint density at radius 2 is 1.94 bits per heavy atom. The number of hydrogen-bond donors (Lipinski definition) is 2. The highest BCUT2D eigenvalue weighted by atomic mass is 16.3. The van der Waals surface area contributed by atoms with Gasteiger partial charge in [-0.3, -0.25) is 9.59 Å². The van der Waals surface area contributed by atoms with Crippen molar-refractivity contribution in [2.24, 2.45) is 0 Å². The Hall–Kier alpha value is -3.52. The Morgan fingerprint density at radius 3 is 2.71 bits per heavy atom. The molecule has 1 aliphatic heterocycles. The minimum Gasteiger partial charge on any atom is -0.393 e. The van der Waals surface area contributed by atoms with E-state index in [1.54, 1.807) is 21.7 Å². The Kier molecular flexibility index (Phi) is 7.37. The van der Waals surface area contributed by atoms with E-state index in [2.05, 4.69) is 15.6 Å². The number of aliphatic hydroxyl groups is 1. The highest BCUT2D eigenvalue weighted by Gasteiger charge is 2.34. The van der Waals surface area contributed by atoms with Gasteiger partial charge in [0.1, 0.15) is 6.04 Å². The first-order valence-electron chi connectivity index (χ1n) is 11.8. The highest BCUT2D eigenvalue weighted by Crippen LogP contribution is 2.26. The number of aliphatic hydroxyl groups excluding tert-OH is 1. The summed E-state index contributed by atoms with van der Waals surface area (Å²) in [7, 11) is 0. The first-order chi connectivity index (χ1) is 16.5. The van der Waals surface area contributed by atoms with Crippen LogP contribution in [0.4, 0.5) is 0 Å². The molecule has 1 aromatic heterocycles. The third kappa shape index (κ3) is 5.17. The Balaban J connectivity index is 1.57. The average molecular weight is 462 g/mol. The van der Waals surface area contributed by atoms with Crippen LogP contribution in [0.5, 0.6) is 0 Å². The first-order valence-corrected chi connectivity index (χ1v) is 11.8. The van der Waals surface area contributed by atoms with Crippen molar-refractivity contribution in [2.45, 2.75) is 58.2 Å². The van der Waals surface area contributed by atoms with Crippen molar-refractivity contribution < 1.29 is 14.7 Å². The molecule has 0 saturated carbocycles. The number of rotatable bonds is 8. The van der Waals surface area contributed by atoms with Crippen LogP contribution in [0.15, 0.2) is 54.7 Å². The number of fused-ring (bicyclic) bond motifs is 1. The summed E-state index contributed by atoms with van der Waals surface area (Å²) < 4.78 is 1.64. The maximum Gasteiger partial charge on any atom is 0.254 e. The van der Waals surface area contributed by atoms with E-state index in [4.69, 9.17) is 0 Å². The largest absolute Gasteiger partial charge is 0.393 e. The van der Waals surface area contributed by atoms with Crippen LogP contribution in [0.2, 0.25) is 0 Å². The van der Waals surface area contributed by atoms with Gasteiger partial charge in [0.15, 0.2) is 0 Å². The van der Waals surface area contributed by atoms with Crippen LogP contribution in [0.1, 0.15) is 53.9 Å². The van der Waals surface area contributed by atoms with Crippen molar-refractivity contribution in [2.75, 3.05) is 6.54 Å². The van der Waals surface area contributed by atoms with Crippen LogP contribution >= 0.6 is 0 Å². The summed E-state index contributed by atoms with van der Waals surface area (Å²) in [5.74, 6) is -0.337. The summed E-state index contributed by atoms with van der Waals surface area (Å²) in [6, 6.07) is 14.6. The summed E-state index contributed by atoms with van der Waals surface area (Å²) in [5, 5.41) is 21.1. The lowest BCUT2D eigenvalue weighted by Gasteiger charge is -2.36. The fourth-order valence-electron chi connectivity index (χ4n) is 4.27. The number of amides is 2. The van der Waals surface area contributed by atoms with Gasteiger partial charge in [-0.2, -0.15) is 0 Å². The molecule has 0 spiro atoms. The van der Waals surface area contributed by atoms with Gasteiger partial charge in [0, 0.05) is 25.1 Å². The minimum atomic E-state index is -0.561. The van der Waals surface area contributed by atoms with Crippen molar-refractivity contribution in [3.8, 4) is 5.69 Å². The fourth-order valence-corrected chi connectivity index (χ4v) is 4.27. The van der Waals surface area contributed by atoms with E-state index in [9.17, 15) is 14.7 Å². The molecule has 1 aliphatic rings. The number of carbonyl (C=O) groups is 2. The fraction of sp³-hybridized carbons (Fsp3) is 0.385. The predicted octanol–water partition coefficient (Wildman–Crippen LogP) is 2.67. The molecule has 2 aromatic carbocycles.